The first-order chi connectivity index (χ1) is 21.5. The second kappa shape index (κ2) is 13.0. The van der Waals surface area contributed by atoms with Crippen molar-refractivity contribution in [1.82, 2.24) is 9.97 Å². The number of rotatable bonds is 6. The van der Waals surface area contributed by atoms with Crippen LogP contribution in [0, 0.1) is 31.6 Å². The second-order valence-corrected chi connectivity index (χ2v) is 12.6. The van der Waals surface area contributed by atoms with Gasteiger partial charge in [0.1, 0.15) is 5.92 Å². The fourth-order valence-electron chi connectivity index (χ4n) is 7.82. The van der Waals surface area contributed by atoms with Gasteiger partial charge in [0.15, 0.2) is 5.78 Å². The van der Waals surface area contributed by atoms with Crippen molar-refractivity contribution in [2.24, 2.45) is 17.8 Å². The van der Waals surface area contributed by atoms with E-state index in [1.165, 1.54) is 25.4 Å². The first kappa shape index (κ1) is 33.9. The van der Waals surface area contributed by atoms with Crippen LogP contribution in [0.5, 0.6) is 0 Å². The van der Waals surface area contributed by atoms with E-state index in [0.29, 0.717) is 28.3 Å². The van der Waals surface area contributed by atoms with E-state index in [0.717, 1.165) is 33.8 Å². The van der Waals surface area contributed by atoms with Crippen LogP contribution in [0.25, 0.3) is 40.5 Å². The quantitative estimate of drug-likeness (QED) is 0.201. The molecule has 46 heavy (non-hydrogen) atoms. The Balaban J connectivity index is 0.00000417. The molecule has 242 valence electrons. The number of hydrogen-bond acceptors (Lipinski definition) is 5. The average Bonchev–Trinajstić information content (AvgIpc) is 3.76. The fourth-order valence-corrected chi connectivity index (χ4v) is 7.82. The number of carbonyl (C=O) groups is 3. The Morgan fingerprint density at radius 1 is 0.957 bits per heavy atom. The van der Waals surface area contributed by atoms with Gasteiger partial charge in [-0.25, -0.2) is 0 Å². The summed E-state index contributed by atoms with van der Waals surface area (Å²) in [5.74, 6) is -2.58. The molecule has 8 bridgehead atoms. The Hall–Kier alpha value is -3.43. The number of Topliss-reactive ketones (excluding diaryl/α,β-unsaturated/α-hetero) is 1. The third-order valence-electron chi connectivity index (χ3n) is 10.4. The molecule has 0 radical (unpaired) electrons. The van der Waals surface area contributed by atoms with Gasteiger partial charge in [-0.3, -0.25) is 14.4 Å². The number of aromatic nitrogens is 2. The molecule has 4 aliphatic rings. The van der Waals surface area contributed by atoms with Gasteiger partial charge < -0.3 is 30.1 Å². The average molecular weight is 665 g/mol. The van der Waals surface area contributed by atoms with Gasteiger partial charge in [-0.05, 0) is 39.2 Å². The smallest absolute Gasteiger partial charge is 0.658 e. The molecular weight excluding hydrogens is 624 g/mol. The summed E-state index contributed by atoms with van der Waals surface area (Å²) in [6.45, 7) is 14.4. The molecule has 7 atom stereocenters. The monoisotopic (exact) mass is 664 g/mol. The number of ketones is 1. The van der Waals surface area contributed by atoms with Gasteiger partial charge in [0.2, 0.25) is 0 Å². The maximum absolute atomic E-state index is 14.1. The summed E-state index contributed by atoms with van der Waals surface area (Å²) >= 11 is 0. The maximum Gasteiger partial charge on any atom is 4.00 e. The van der Waals surface area contributed by atoms with Crippen molar-refractivity contribution in [2.45, 2.75) is 78.0 Å². The molecule has 7 unspecified atom stereocenters. The zero-order chi connectivity index (χ0) is 32.3. The van der Waals surface area contributed by atoms with Crippen molar-refractivity contribution < 1.29 is 40.9 Å². The molecule has 9 nitrogen and oxygen atoms in total. The predicted octanol–water partition coefficient (Wildman–Crippen LogP) is 2.23. The molecule has 0 N–H and O–H groups in total. The largest absolute Gasteiger partial charge is 4.00 e. The minimum Gasteiger partial charge on any atom is -0.658 e. The number of fused-ring (bicyclic) bond motifs is 8. The Bertz CT molecular complexity index is 1900. The fraction of sp³-hybridized carbons (Fsp3) is 0.472. The molecule has 1 fully saturated rings. The molecular formula is C36H40FeN4O5. The Morgan fingerprint density at radius 2 is 1.65 bits per heavy atom. The van der Waals surface area contributed by atoms with E-state index in [9.17, 15) is 14.4 Å². The third-order valence-corrected chi connectivity index (χ3v) is 10.4. The van der Waals surface area contributed by atoms with Crippen molar-refractivity contribution in [3.63, 3.8) is 0 Å². The van der Waals surface area contributed by atoms with Crippen molar-refractivity contribution in [2.75, 3.05) is 14.2 Å². The summed E-state index contributed by atoms with van der Waals surface area (Å²) in [5.41, 5.74) is 6.11. The SMILES string of the molecule is C=Cc1c(C)/c2[n-]/c1=C\C1[N-]C(/C=c3\[n-]c4c(c3C)C(=O)C(C(=O)OC)C=4C3[N-]C(\C=2)C(C)C3CCC(=O)OC)C(CC)=C1C.[Fe+4]. The summed E-state index contributed by atoms with van der Waals surface area (Å²) in [6, 6.07) is -1.20. The molecule has 0 aromatic carbocycles. The second-order valence-electron chi connectivity index (χ2n) is 12.6. The normalized spacial score (nSPS) is 30.1. The topological polar surface area (TPSA) is 126 Å². The van der Waals surface area contributed by atoms with Gasteiger partial charge in [-0.2, -0.15) is 0 Å². The molecule has 1 saturated heterocycles. The number of methoxy groups -OCH3 is 2. The molecule has 1 aliphatic carbocycles. The number of nitrogens with zero attached hydrogens (tertiary/aromatic N) is 4. The Kier molecular flexibility index (Phi) is 9.58. The van der Waals surface area contributed by atoms with E-state index < -0.39 is 17.9 Å². The first-order valence-electron chi connectivity index (χ1n) is 15.7. The summed E-state index contributed by atoms with van der Waals surface area (Å²) in [7, 11) is 2.67. The minimum absolute atomic E-state index is 0. The number of ether oxygens (including phenoxy) is 2. The van der Waals surface area contributed by atoms with Crippen molar-refractivity contribution in [3.8, 4) is 0 Å². The summed E-state index contributed by atoms with van der Waals surface area (Å²) in [4.78, 5) is 49.8. The van der Waals surface area contributed by atoms with Crippen LogP contribution in [0.4, 0.5) is 0 Å². The molecule has 2 aromatic rings. The van der Waals surface area contributed by atoms with Crippen molar-refractivity contribution >= 4 is 47.6 Å². The summed E-state index contributed by atoms with van der Waals surface area (Å²) < 4.78 is 10.2. The van der Waals surface area contributed by atoms with E-state index in [4.69, 9.17) is 30.1 Å². The van der Waals surface area contributed by atoms with Crippen LogP contribution in [-0.2, 0) is 36.1 Å². The standard InChI is InChI=1S/C36H40N4O5.Fe/c1-9-20-16(3)23-13-25-18(5)22(11-12-29(41)44-7)33(39-25)31-32(36(43)45-8)35(42)30-19(6)26(40-34(30)31)15-28-21(10-2)17(4)24(38-28)14-27(20)37-23;/h9,13-15,18,22,24-25,28,32-33H,1,10-12H2,2-8H3;/q-4;+4/b23-13-,26-15-,27-14-;. The van der Waals surface area contributed by atoms with Crippen LogP contribution in [0.1, 0.15) is 67.1 Å². The van der Waals surface area contributed by atoms with Crippen LogP contribution in [-0.4, -0.2) is 56.1 Å². The Morgan fingerprint density at radius 3 is 2.30 bits per heavy atom. The van der Waals surface area contributed by atoms with Crippen LogP contribution in [0.3, 0.4) is 0 Å². The summed E-state index contributed by atoms with van der Waals surface area (Å²) in [6.07, 6.45) is 9.56. The van der Waals surface area contributed by atoms with Gasteiger partial charge in [0, 0.05) is 12.0 Å². The number of carbonyl (C=O) groups excluding carboxylic acids is 3. The van der Waals surface area contributed by atoms with Gasteiger partial charge in [-0.1, -0.05) is 78.3 Å². The van der Waals surface area contributed by atoms with Gasteiger partial charge in [0.25, 0.3) is 0 Å². The molecule has 3 aliphatic heterocycles. The number of esters is 2. The van der Waals surface area contributed by atoms with Gasteiger partial charge >= 0.3 is 29.0 Å². The van der Waals surface area contributed by atoms with Crippen LogP contribution >= 0.6 is 0 Å². The zero-order valence-electron chi connectivity index (χ0n) is 27.4. The zero-order valence-corrected chi connectivity index (χ0v) is 28.5. The van der Waals surface area contributed by atoms with E-state index in [1.54, 1.807) is 0 Å². The van der Waals surface area contributed by atoms with E-state index in [1.807, 2.05) is 26.0 Å². The minimum atomic E-state index is -1.14. The van der Waals surface area contributed by atoms with Crippen molar-refractivity contribution in [1.29, 1.82) is 0 Å². The van der Waals surface area contributed by atoms with E-state index >= 15 is 0 Å². The van der Waals surface area contributed by atoms with Gasteiger partial charge in [0.05, 0.1) is 14.2 Å². The number of hydrogen-bond donors (Lipinski definition) is 0. The maximum atomic E-state index is 14.1. The molecule has 5 heterocycles. The molecule has 2 aromatic heterocycles. The Labute approximate surface area is 279 Å². The van der Waals surface area contributed by atoms with Crippen molar-refractivity contribution in [3.05, 3.63) is 72.0 Å². The molecule has 10 heteroatoms. The molecule has 0 amide bonds. The summed E-state index contributed by atoms with van der Waals surface area (Å²) in [5, 5.41) is 13.3. The molecule has 0 saturated carbocycles. The van der Waals surface area contributed by atoms with Gasteiger partial charge in [-0.15, -0.1) is 51.7 Å². The first-order valence-corrected chi connectivity index (χ1v) is 15.7. The van der Waals surface area contributed by atoms with Crippen LogP contribution in [0.2, 0.25) is 0 Å². The van der Waals surface area contributed by atoms with E-state index in [-0.39, 0.29) is 65.2 Å². The third kappa shape index (κ3) is 5.29. The van der Waals surface area contributed by atoms with E-state index in [2.05, 4.69) is 39.5 Å². The van der Waals surface area contributed by atoms with Crippen LogP contribution < -0.4 is 31.4 Å². The molecule has 0 spiro atoms. The molecule has 6 rings (SSSR count). The van der Waals surface area contributed by atoms with Crippen LogP contribution in [0.15, 0.2) is 17.7 Å². The predicted molar refractivity (Wildman–Crippen MR) is 173 cm³/mol.